The number of nitrogens with zero attached hydrogens (tertiary/aromatic N) is 4. The average molecular weight is 361 g/mol. The third kappa shape index (κ3) is 2.82. The van der Waals surface area contributed by atoms with Gasteiger partial charge in [0, 0.05) is 36.6 Å². The predicted octanol–water partition coefficient (Wildman–Crippen LogP) is 2.46. The first-order valence-electron chi connectivity index (χ1n) is 8.63. The van der Waals surface area contributed by atoms with Gasteiger partial charge >= 0.3 is 0 Å². The van der Waals surface area contributed by atoms with Crippen LogP contribution in [0.3, 0.4) is 0 Å². The fourth-order valence-electron chi connectivity index (χ4n) is 3.32. The van der Waals surface area contributed by atoms with Crippen molar-refractivity contribution in [1.82, 2.24) is 19.9 Å². The monoisotopic (exact) mass is 361 g/mol. The summed E-state index contributed by atoms with van der Waals surface area (Å²) in [4.78, 5) is 28.0. The third-order valence-electron chi connectivity index (χ3n) is 4.50. The molecule has 7 nitrogen and oxygen atoms in total. The normalized spacial score (nSPS) is 12.6. The van der Waals surface area contributed by atoms with Gasteiger partial charge in [-0.3, -0.25) is 9.78 Å². The topological polar surface area (TPSA) is 105 Å². The van der Waals surface area contributed by atoms with Crippen molar-refractivity contribution >= 4 is 38.7 Å². The quantitative estimate of drug-likeness (QED) is 0.429. The van der Waals surface area contributed by atoms with Gasteiger partial charge in [-0.2, -0.15) is 0 Å². The minimum atomic E-state index is -0.349. The number of pyridine rings is 1. The van der Waals surface area contributed by atoms with Crippen molar-refractivity contribution in [1.29, 1.82) is 0 Å². The number of carbonyl (C=O) groups excluding carboxylic acids is 1. The number of benzene rings is 2. The van der Waals surface area contributed by atoms with Crippen LogP contribution < -0.4 is 5.73 Å². The van der Waals surface area contributed by atoms with E-state index in [0.29, 0.717) is 34.0 Å². The van der Waals surface area contributed by atoms with Gasteiger partial charge in [-0.25, -0.2) is 9.97 Å². The number of phenols is 1. The Hall–Kier alpha value is -3.32. The Bertz CT molecular complexity index is 1190. The molecule has 0 bridgehead atoms. The van der Waals surface area contributed by atoms with Gasteiger partial charge in [0.25, 0.3) is 5.91 Å². The van der Waals surface area contributed by atoms with Crippen molar-refractivity contribution < 1.29 is 9.90 Å². The number of amides is 1. The Morgan fingerprint density at radius 1 is 1.15 bits per heavy atom. The van der Waals surface area contributed by atoms with E-state index in [1.54, 1.807) is 31.6 Å². The van der Waals surface area contributed by atoms with Crippen molar-refractivity contribution in [2.75, 3.05) is 13.6 Å². The molecule has 0 fully saturated rings. The molecule has 2 aromatic carbocycles. The van der Waals surface area contributed by atoms with Gasteiger partial charge in [0.05, 0.1) is 17.2 Å². The molecule has 0 spiro atoms. The lowest BCUT2D eigenvalue weighted by molar-refractivity contribution is 0.0788. The first kappa shape index (κ1) is 17.1. The number of aromatic hydroxyl groups is 1. The van der Waals surface area contributed by atoms with Crippen molar-refractivity contribution in [3.63, 3.8) is 0 Å². The number of hydrogen-bond acceptors (Lipinski definition) is 6. The molecule has 0 aliphatic rings. The molecule has 2 heterocycles. The Balaban J connectivity index is 2.10. The van der Waals surface area contributed by atoms with E-state index in [1.165, 1.54) is 4.90 Å². The highest BCUT2D eigenvalue weighted by Crippen LogP contribution is 2.36. The molecule has 4 aromatic rings. The molecule has 136 valence electrons. The lowest BCUT2D eigenvalue weighted by Gasteiger charge is -2.21. The van der Waals surface area contributed by atoms with E-state index in [1.807, 2.05) is 25.1 Å². The molecule has 3 N–H and O–H groups in total. The van der Waals surface area contributed by atoms with E-state index < -0.39 is 0 Å². The average Bonchev–Trinajstić information content (AvgIpc) is 2.66. The highest BCUT2D eigenvalue weighted by Gasteiger charge is 2.25. The van der Waals surface area contributed by atoms with Crippen LogP contribution in [0.15, 0.2) is 42.7 Å². The van der Waals surface area contributed by atoms with Gasteiger partial charge in [-0.05, 0) is 13.0 Å². The summed E-state index contributed by atoms with van der Waals surface area (Å²) in [5, 5.41) is 12.2. The van der Waals surface area contributed by atoms with Crippen LogP contribution in [0.25, 0.3) is 32.8 Å². The van der Waals surface area contributed by atoms with Gasteiger partial charge in [0.15, 0.2) is 0 Å². The SMILES string of the molecule is CC(N)CN(C)C(=O)c1c(O)c2ccccc2c2nc3ccncc3nc12. The molecule has 1 atom stereocenters. The van der Waals surface area contributed by atoms with Crippen LogP contribution in [0, 0.1) is 0 Å². The molecule has 7 heteroatoms. The summed E-state index contributed by atoms with van der Waals surface area (Å²) < 4.78 is 0. The molecule has 0 saturated heterocycles. The zero-order valence-electron chi connectivity index (χ0n) is 15.0. The molecule has 1 amide bonds. The first-order chi connectivity index (χ1) is 13.0. The molecule has 27 heavy (non-hydrogen) atoms. The summed E-state index contributed by atoms with van der Waals surface area (Å²) in [6.07, 6.45) is 3.24. The molecule has 0 aliphatic carbocycles. The maximum absolute atomic E-state index is 13.1. The third-order valence-corrected chi connectivity index (χ3v) is 4.50. The van der Waals surface area contributed by atoms with Gasteiger partial charge < -0.3 is 15.7 Å². The Kier molecular flexibility index (Phi) is 4.08. The lowest BCUT2D eigenvalue weighted by atomic mass is 10.0. The summed E-state index contributed by atoms with van der Waals surface area (Å²) in [7, 11) is 1.65. The van der Waals surface area contributed by atoms with Crippen LogP contribution in [0.2, 0.25) is 0 Å². The van der Waals surface area contributed by atoms with Crippen LogP contribution in [-0.4, -0.2) is 50.5 Å². The summed E-state index contributed by atoms with van der Waals surface area (Å²) in [6.45, 7) is 2.18. The molecule has 1 unspecified atom stereocenters. The number of phenolic OH excluding ortho intramolecular Hbond substituents is 1. The number of nitrogens with two attached hydrogens (primary N) is 1. The van der Waals surface area contributed by atoms with Crippen LogP contribution >= 0.6 is 0 Å². The summed E-state index contributed by atoms with van der Waals surface area (Å²) in [6, 6.07) is 8.89. The van der Waals surface area contributed by atoms with Crippen LogP contribution in [0.1, 0.15) is 17.3 Å². The largest absolute Gasteiger partial charge is 0.506 e. The molecule has 4 rings (SSSR count). The van der Waals surface area contributed by atoms with Crippen molar-refractivity contribution in [3.05, 3.63) is 48.3 Å². The smallest absolute Gasteiger partial charge is 0.259 e. The van der Waals surface area contributed by atoms with Crippen molar-refractivity contribution in [2.45, 2.75) is 13.0 Å². The van der Waals surface area contributed by atoms with Crippen LogP contribution in [-0.2, 0) is 0 Å². The van der Waals surface area contributed by atoms with Crippen LogP contribution in [0.5, 0.6) is 5.75 Å². The number of aromatic nitrogens is 3. The Morgan fingerprint density at radius 2 is 1.85 bits per heavy atom. The fraction of sp³-hybridized carbons (Fsp3) is 0.200. The summed E-state index contributed by atoms with van der Waals surface area (Å²) >= 11 is 0. The molecule has 0 aliphatic heterocycles. The minimum Gasteiger partial charge on any atom is -0.506 e. The second-order valence-electron chi connectivity index (χ2n) is 6.72. The minimum absolute atomic E-state index is 0.0998. The van der Waals surface area contributed by atoms with E-state index in [0.717, 1.165) is 5.39 Å². The number of likely N-dealkylation sites (N-methyl/N-ethyl adjacent to an activating group) is 1. The molecule has 0 saturated carbocycles. The maximum atomic E-state index is 13.1. The Labute approximate surface area is 155 Å². The van der Waals surface area contributed by atoms with Gasteiger partial charge in [0.1, 0.15) is 22.3 Å². The highest BCUT2D eigenvalue weighted by molar-refractivity contribution is 6.19. The zero-order chi connectivity index (χ0) is 19.1. The molecule has 0 radical (unpaired) electrons. The maximum Gasteiger partial charge on any atom is 0.259 e. The van der Waals surface area contributed by atoms with Gasteiger partial charge in [-0.1, -0.05) is 24.3 Å². The molecule has 2 aromatic heterocycles. The number of fused-ring (bicyclic) bond motifs is 4. The fourth-order valence-corrected chi connectivity index (χ4v) is 3.32. The lowest BCUT2D eigenvalue weighted by Crippen LogP contribution is -2.37. The molecular weight excluding hydrogens is 342 g/mol. The standard InChI is InChI=1S/C20H19N5O2/c1-11(21)10-25(2)20(27)16-18-17(12-5-3-4-6-13(12)19(16)26)23-14-7-8-22-9-15(14)24-18/h3-9,11,26H,10,21H2,1-2H3. The highest BCUT2D eigenvalue weighted by atomic mass is 16.3. The van der Waals surface area contributed by atoms with E-state index in [-0.39, 0.29) is 23.3 Å². The second kappa shape index (κ2) is 6.44. The number of hydrogen-bond donors (Lipinski definition) is 2. The van der Waals surface area contributed by atoms with E-state index in [4.69, 9.17) is 10.7 Å². The van der Waals surface area contributed by atoms with E-state index in [2.05, 4.69) is 9.97 Å². The predicted molar refractivity (Wildman–Crippen MR) is 105 cm³/mol. The summed E-state index contributed by atoms with van der Waals surface area (Å²) in [5.41, 5.74) is 8.12. The van der Waals surface area contributed by atoms with E-state index in [9.17, 15) is 9.90 Å². The van der Waals surface area contributed by atoms with Crippen molar-refractivity contribution in [3.8, 4) is 5.75 Å². The van der Waals surface area contributed by atoms with Crippen LogP contribution in [0.4, 0.5) is 0 Å². The second-order valence-corrected chi connectivity index (χ2v) is 6.72. The van der Waals surface area contributed by atoms with E-state index >= 15 is 0 Å². The zero-order valence-corrected chi connectivity index (χ0v) is 15.0. The first-order valence-corrected chi connectivity index (χ1v) is 8.63. The summed E-state index contributed by atoms with van der Waals surface area (Å²) in [5.74, 6) is -0.449. The number of rotatable bonds is 3. The number of carbonyl (C=O) groups is 1. The van der Waals surface area contributed by atoms with Gasteiger partial charge in [0.2, 0.25) is 0 Å². The molecular formula is C20H19N5O2. The van der Waals surface area contributed by atoms with Gasteiger partial charge in [-0.15, -0.1) is 0 Å². The van der Waals surface area contributed by atoms with Crippen molar-refractivity contribution in [2.24, 2.45) is 5.73 Å². The Morgan fingerprint density at radius 3 is 2.59 bits per heavy atom.